The van der Waals surface area contributed by atoms with Crippen molar-refractivity contribution in [2.24, 2.45) is 0 Å². The van der Waals surface area contributed by atoms with Gasteiger partial charge in [-0.3, -0.25) is 4.98 Å². The van der Waals surface area contributed by atoms with E-state index in [0.29, 0.717) is 10.8 Å². The molecule has 31 heavy (non-hydrogen) atoms. The Morgan fingerprint density at radius 2 is 1.68 bits per heavy atom. The van der Waals surface area contributed by atoms with Crippen molar-refractivity contribution >= 4 is 23.0 Å². The quantitative estimate of drug-likeness (QED) is 0.442. The average molecular weight is 432 g/mol. The van der Waals surface area contributed by atoms with Crippen LogP contribution in [-0.4, -0.2) is 14.7 Å². The molecule has 0 radical (unpaired) electrons. The minimum absolute atomic E-state index is 0.249. The number of benzene rings is 2. The number of thiocarbonyl (C=S) groups is 1. The van der Waals surface area contributed by atoms with Crippen molar-refractivity contribution in [3.63, 3.8) is 0 Å². The molecular weight excluding hydrogens is 414 g/mol. The van der Waals surface area contributed by atoms with Gasteiger partial charge < -0.3 is 14.8 Å². The summed E-state index contributed by atoms with van der Waals surface area (Å²) in [6.45, 7) is 0. The molecule has 1 fully saturated rings. The number of nitrogens with zero attached hydrogens (tertiary/aromatic N) is 3. The van der Waals surface area contributed by atoms with Gasteiger partial charge in [-0.15, -0.1) is 0 Å². The fourth-order valence-electron chi connectivity index (χ4n) is 4.03. The third kappa shape index (κ3) is 3.57. The van der Waals surface area contributed by atoms with Crippen LogP contribution in [0.25, 0.3) is 5.69 Å². The molecule has 2 atom stereocenters. The number of hydrogen-bond acceptors (Lipinski definition) is 2. The van der Waals surface area contributed by atoms with Gasteiger partial charge in [-0.2, -0.15) is 0 Å². The van der Waals surface area contributed by atoms with E-state index in [1.807, 2.05) is 52.1 Å². The smallest absolute Gasteiger partial charge is 0.174 e. The second-order valence-corrected chi connectivity index (χ2v) is 7.64. The highest BCUT2D eigenvalue weighted by atomic mass is 32.1. The van der Waals surface area contributed by atoms with Gasteiger partial charge in [0, 0.05) is 29.5 Å². The van der Waals surface area contributed by atoms with E-state index < -0.39 is 0 Å². The van der Waals surface area contributed by atoms with E-state index in [1.54, 1.807) is 24.4 Å². The molecule has 1 aliphatic heterocycles. The van der Waals surface area contributed by atoms with E-state index in [0.717, 1.165) is 17.1 Å². The molecule has 0 unspecified atom stereocenters. The second kappa shape index (κ2) is 7.92. The molecule has 1 aliphatic rings. The molecule has 4 aromatic rings. The van der Waals surface area contributed by atoms with Crippen molar-refractivity contribution in [3.05, 3.63) is 114 Å². The van der Waals surface area contributed by atoms with Crippen LogP contribution in [0, 0.1) is 11.6 Å². The first-order valence-corrected chi connectivity index (χ1v) is 10.2. The third-order valence-corrected chi connectivity index (χ3v) is 5.69. The lowest BCUT2D eigenvalue weighted by Crippen LogP contribution is -2.30. The molecule has 2 aromatic heterocycles. The van der Waals surface area contributed by atoms with Crippen molar-refractivity contribution in [3.8, 4) is 5.69 Å². The highest BCUT2D eigenvalue weighted by Crippen LogP contribution is 2.42. The summed E-state index contributed by atoms with van der Waals surface area (Å²) in [6, 6.07) is 21.8. The number of halogens is 2. The molecule has 154 valence electrons. The minimum atomic E-state index is -0.317. The lowest BCUT2D eigenvalue weighted by molar-refractivity contribution is 0.548. The van der Waals surface area contributed by atoms with Gasteiger partial charge in [-0.05, 0) is 78.9 Å². The monoisotopic (exact) mass is 432 g/mol. The Morgan fingerprint density at radius 1 is 0.839 bits per heavy atom. The van der Waals surface area contributed by atoms with Crippen LogP contribution in [0.2, 0.25) is 0 Å². The molecule has 2 aromatic carbocycles. The summed E-state index contributed by atoms with van der Waals surface area (Å²) in [7, 11) is 0. The number of pyridine rings is 1. The summed E-state index contributed by atoms with van der Waals surface area (Å²) in [4.78, 5) is 6.49. The fraction of sp³-hybridized carbons (Fsp3) is 0.0833. The topological polar surface area (TPSA) is 33.1 Å². The molecule has 7 heteroatoms. The first-order chi connectivity index (χ1) is 15.1. The van der Waals surface area contributed by atoms with Gasteiger partial charge in [-0.25, -0.2) is 8.78 Å². The van der Waals surface area contributed by atoms with Gasteiger partial charge in [0.15, 0.2) is 5.11 Å². The summed E-state index contributed by atoms with van der Waals surface area (Å²) in [5, 5.41) is 3.89. The fourth-order valence-corrected chi connectivity index (χ4v) is 4.38. The van der Waals surface area contributed by atoms with Crippen LogP contribution in [0.5, 0.6) is 0 Å². The summed E-state index contributed by atoms with van der Waals surface area (Å²) in [5.41, 5.74) is 3.19. The second-order valence-electron chi connectivity index (χ2n) is 7.26. The van der Waals surface area contributed by atoms with Crippen LogP contribution in [0.1, 0.15) is 23.5 Å². The molecule has 0 saturated carbocycles. The van der Waals surface area contributed by atoms with E-state index >= 15 is 0 Å². The maximum absolute atomic E-state index is 13.9. The largest absolute Gasteiger partial charge is 0.351 e. The number of anilines is 1. The normalized spacial score (nSPS) is 18.3. The Bertz CT molecular complexity index is 1220. The van der Waals surface area contributed by atoms with Crippen molar-refractivity contribution in [2.75, 3.05) is 4.90 Å². The van der Waals surface area contributed by atoms with Gasteiger partial charge >= 0.3 is 0 Å². The number of hydrogen-bond donors (Lipinski definition) is 1. The Balaban J connectivity index is 1.67. The molecule has 0 bridgehead atoms. The summed E-state index contributed by atoms with van der Waals surface area (Å²) in [6.07, 6.45) is 3.63. The van der Waals surface area contributed by atoms with E-state index in [9.17, 15) is 8.78 Å². The van der Waals surface area contributed by atoms with Crippen LogP contribution in [0.15, 0.2) is 91.3 Å². The molecule has 0 amide bonds. The van der Waals surface area contributed by atoms with Crippen LogP contribution >= 0.6 is 12.2 Å². The molecule has 5 rings (SSSR count). The zero-order chi connectivity index (χ0) is 21.4. The van der Waals surface area contributed by atoms with Gasteiger partial charge in [0.05, 0.1) is 11.7 Å². The van der Waals surface area contributed by atoms with Crippen molar-refractivity contribution in [1.82, 2.24) is 14.9 Å². The average Bonchev–Trinajstić information content (AvgIpc) is 3.39. The van der Waals surface area contributed by atoms with Crippen LogP contribution in [-0.2, 0) is 0 Å². The zero-order valence-corrected chi connectivity index (χ0v) is 17.1. The molecule has 3 heterocycles. The predicted molar refractivity (Wildman–Crippen MR) is 120 cm³/mol. The Hall–Kier alpha value is -3.58. The molecule has 0 aliphatic carbocycles. The Labute approximate surface area is 183 Å². The maximum Gasteiger partial charge on any atom is 0.174 e. The van der Waals surface area contributed by atoms with Crippen molar-refractivity contribution in [1.29, 1.82) is 0 Å². The summed E-state index contributed by atoms with van der Waals surface area (Å²) >= 11 is 5.69. The van der Waals surface area contributed by atoms with Crippen LogP contribution < -0.4 is 10.2 Å². The highest BCUT2D eigenvalue weighted by molar-refractivity contribution is 7.80. The number of aromatic nitrogens is 2. The summed E-state index contributed by atoms with van der Waals surface area (Å²) < 4.78 is 29.5. The number of rotatable bonds is 4. The molecule has 1 saturated heterocycles. The Kier molecular flexibility index (Phi) is 4.95. The zero-order valence-electron chi connectivity index (χ0n) is 16.3. The van der Waals surface area contributed by atoms with E-state index in [2.05, 4.69) is 10.3 Å². The van der Waals surface area contributed by atoms with E-state index in [-0.39, 0.29) is 23.7 Å². The van der Waals surface area contributed by atoms with Gasteiger partial charge in [0.2, 0.25) is 0 Å². The highest BCUT2D eigenvalue weighted by Gasteiger charge is 2.42. The SMILES string of the molecule is Fc1ccc(N2C(=S)N[C@H](c3ccccn3)[C@H]2c2cccn2-c2cccc(F)c2)cc1. The lowest BCUT2D eigenvalue weighted by Gasteiger charge is -2.29. The predicted octanol–water partition coefficient (Wildman–Crippen LogP) is 5.33. The van der Waals surface area contributed by atoms with Crippen LogP contribution in [0.3, 0.4) is 0 Å². The van der Waals surface area contributed by atoms with E-state index in [4.69, 9.17) is 12.2 Å². The molecule has 1 N–H and O–H groups in total. The standard InChI is InChI=1S/C24H18F2N4S/c25-16-9-11-18(12-10-16)30-23(22(28-24(30)31)20-7-1-2-13-27-20)21-8-4-14-29(21)19-6-3-5-17(26)15-19/h1-15,22-23H,(H,28,31)/t22-,23-/m1/s1. The molecule has 4 nitrogen and oxygen atoms in total. The van der Waals surface area contributed by atoms with Crippen molar-refractivity contribution in [2.45, 2.75) is 12.1 Å². The van der Waals surface area contributed by atoms with Gasteiger partial charge in [0.25, 0.3) is 0 Å². The van der Waals surface area contributed by atoms with Crippen LogP contribution in [0.4, 0.5) is 14.5 Å². The van der Waals surface area contributed by atoms with Gasteiger partial charge in [0.1, 0.15) is 17.7 Å². The minimum Gasteiger partial charge on any atom is -0.351 e. The summed E-state index contributed by atoms with van der Waals surface area (Å²) in [5.74, 6) is -0.628. The lowest BCUT2D eigenvalue weighted by atomic mass is 10.0. The van der Waals surface area contributed by atoms with E-state index in [1.165, 1.54) is 24.3 Å². The van der Waals surface area contributed by atoms with Crippen molar-refractivity contribution < 1.29 is 8.78 Å². The first kappa shape index (κ1) is 19.4. The number of nitrogens with one attached hydrogen (secondary N) is 1. The van der Waals surface area contributed by atoms with Gasteiger partial charge in [-0.1, -0.05) is 12.1 Å². The molecular formula is C24H18F2N4S. The molecule has 0 spiro atoms. The third-order valence-electron chi connectivity index (χ3n) is 5.37. The Morgan fingerprint density at radius 3 is 2.42 bits per heavy atom. The first-order valence-electron chi connectivity index (χ1n) is 9.81. The maximum atomic E-state index is 13.9.